The van der Waals surface area contributed by atoms with Crippen LogP contribution in [0.1, 0.15) is 32.5 Å². The lowest BCUT2D eigenvalue weighted by Gasteiger charge is -2.38. The van der Waals surface area contributed by atoms with E-state index in [-0.39, 0.29) is 29.0 Å². The second-order valence-electron chi connectivity index (χ2n) is 8.23. The third kappa shape index (κ3) is 3.17. The molecular formula is C19H21F3N6O2. The molecule has 4 heterocycles. The zero-order valence-corrected chi connectivity index (χ0v) is 16.5. The molecule has 8 nitrogen and oxygen atoms in total. The molecule has 0 aliphatic carbocycles. The fourth-order valence-electron chi connectivity index (χ4n) is 4.23. The van der Waals surface area contributed by atoms with E-state index in [1.807, 2.05) is 6.92 Å². The van der Waals surface area contributed by atoms with Gasteiger partial charge >= 0.3 is 6.29 Å². The first-order valence-electron chi connectivity index (χ1n) is 9.78. The quantitative estimate of drug-likeness (QED) is 0.694. The maximum Gasteiger partial charge on any atom is 0.586 e. The maximum absolute atomic E-state index is 14.4. The number of nitrogen functional groups attached to an aromatic ring is 1. The fourth-order valence-corrected chi connectivity index (χ4v) is 4.23. The van der Waals surface area contributed by atoms with Gasteiger partial charge in [-0.05, 0) is 45.4 Å². The molecule has 0 amide bonds. The molecule has 0 radical (unpaired) electrons. The first-order chi connectivity index (χ1) is 14.1. The van der Waals surface area contributed by atoms with Crippen LogP contribution in [0.25, 0.3) is 16.6 Å². The summed E-state index contributed by atoms with van der Waals surface area (Å²) in [7, 11) is 0. The van der Waals surface area contributed by atoms with E-state index in [0.29, 0.717) is 36.2 Å². The van der Waals surface area contributed by atoms with Crippen LogP contribution in [0.2, 0.25) is 0 Å². The molecule has 0 saturated carbocycles. The molecule has 2 aliphatic rings. The van der Waals surface area contributed by atoms with Crippen LogP contribution in [0.15, 0.2) is 12.1 Å². The molecule has 2 aromatic heterocycles. The third-order valence-corrected chi connectivity index (χ3v) is 5.66. The fraction of sp³-hybridized carbons (Fsp3) is 0.526. The van der Waals surface area contributed by atoms with Gasteiger partial charge in [-0.1, -0.05) is 0 Å². The maximum atomic E-state index is 14.4. The van der Waals surface area contributed by atoms with Crippen LogP contribution < -0.4 is 15.2 Å². The summed E-state index contributed by atoms with van der Waals surface area (Å²) in [6.45, 7) is 4.82. The Hall–Kier alpha value is -2.82. The van der Waals surface area contributed by atoms with Gasteiger partial charge in [0, 0.05) is 24.4 Å². The lowest BCUT2D eigenvalue weighted by Crippen LogP contribution is -2.48. The highest BCUT2D eigenvalue weighted by molar-refractivity contribution is 5.97. The number of hydrogen-bond acceptors (Lipinski definition) is 7. The van der Waals surface area contributed by atoms with Gasteiger partial charge in [-0.25, -0.2) is 14.4 Å². The van der Waals surface area contributed by atoms with Crippen molar-refractivity contribution in [2.45, 2.75) is 51.1 Å². The summed E-state index contributed by atoms with van der Waals surface area (Å²) in [6.07, 6.45) is -1.91. The number of piperidine rings is 1. The molecule has 2 N–H and O–H groups in total. The number of likely N-dealkylation sites (tertiary alicyclic amines) is 1. The largest absolute Gasteiger partial charge is 0.586 e. The molecular weight excluding hydrogens is 401 g/mol. The highest BCUT2D eigenvalue weighted by atomic mass is 19.3. The van der Waals surface area contributed by atoms with Gasteiger partial charge in [0.15, 0.2) is 23.0 Å². The smallest absolute Gasteiger partial charge is 0.395 e. The molecule has 0 bridgehead atoms. The predicted molar refractivity (Wildman–Crippen MR) is 102 cm³/mol. The number of halogens is 3. The molecule has 0 spiro atoms. The number of anilines is 1. The van der Waals surface area contributed by atoms with Crippen molar-refractivity contribution in [2.75, 3.05) is 18.8 Å². The molecule has 11 heteroatoms. The minimum atomic E-state index is -3.76. The topological polar surface area (TPSA) is 90.8 Å². The predicted octanol–water partition coefficient (Wildman–Crippen LogP) is 2.94. The van der Waals surface area contributed by atoms with Crippen molar-refractivity contribution in [1.82, 2.24) is 24.5 Å². The van der Waals surface area contributed by atoms with Crippen LogP contribution in [0, 0.1) is 0 Å². The van der Waals surface area contributed by atoms with E-state index in [9.17, 15) is 13.2 Å². The van der Waals surface area contributed by atoms with Crippen LogP contribution >= 0.6 is 0 Å². The third-order valence-electron chi connectivity index (χ3n) is 5.66. The van der Waals surface area contributed by atoms with Crippen molar-refractivity contribution in [3.05, 3.63) is 18.0 Å². The normalized spacial score (nSPS) is 24.6. The molecule has 5 rings (SSSR count). The zero-order valence-electron chi connectivity index (χ0n) is 16.5. The van der Waals surface area contributed by atoms with Gasteiger partial charge in [0.25, 0.3) is 0 Å². The Bertz CT molecular complexity index is 1150. The summed E-state index contributed by atoms with van der Waals surface area (Å²) in [4.78, 5) is 10.8. The lowest BCUT2D eigenvalue weighted by atomic mass is 9.95. The Labute approximate surface area is 169 Å². The highest BCUT2D eigenvalue weighted by Gasteiger charge is 2.45. The average Bonchev–Trinajstić information content (AvgIpc) is 3.21. The number of aromatic nitrogens is 4. The average molecular weight is 422 g/mol. The van der Waals surface area contributed by atoms with Gasteiger partial charge in [-0.3, -0.25) is 4.90 Å². The van der Waals surface area contributed by atoms with Crippen LogP contribution in [-0.2, 0) is 6.42 Å². The molecule has 1 fully saturated rings. The monoisotopic (exact) mass is 422 g/mol. The van der Waals surface area contributed by atoms with Crippen LogP contribution in [0.4, 0.5) is 19.1 Å². The lowest BCUT2D eigenvalue weighted by molar-refractivity contribution is -0.286. The van der Waals surface area contributed by atoms with Crippen LogP contribution in [-0.4, -0.2) is 55.6 Å². The minimum absolute atomic E-state index is 0.00887. The number of nitrogens with two attached hydrogens (primary N) is 1. The summed E-state index contributed by atoms with van der Waals surface area (Å²) in [5.74, 6) is 0.208. The van der Waals surface area contributed by atoms with Gasteiger partial charge < -0.3 is 15.2 Å². The van der Waals surface area contributed by atoms with E-state index >= 15 is 0 Å². The second-order valence-corrected chi connectivity index (χ2v) is 8.23. The van der Waals surface area contributed by atoms with Crippen molar-refractivity contribution in [3.63, 3.8) is 0 Å². The van der Waals surface area contributed by atoms with E-state index in [4.69, 9.17) is 5.73 Å². The van der Waals surface area contributed by atoms with Gasteiger partial charge in [-0.2, -0.15) is 4.52 Å². The number of rotatable bonds is 3. The first-order valence-corrected chi connectivity index (χ1v) is 9.78. The molecule has 30 heavy (non-hydrogen) atoms. The van der Waals surface area contributed by atoms with Crippen molar-refractivity contribution >= 4 is 22.5 Å². The van der Waals surface area contributed by atoms with E-state index in [1.54, 1.807) is 13.0 Å². The summed E-state index contributed by atoms with van der Waals surface area (Å²) in [5, 5.41) is 4.90. The van der Waals surface area contributed by atoms with Crippen molar-refractivity contribution in [3.8, 4) is 11.5 Å². The summed E-state index contributed by atoms with van der Waals surface area (Å²) < 4.78 is 51.8. The van der Waals surface area contributed by atoms with Gasteiger partial charge in [0.05, 0.1) is 0 Å². The summed E-state index contributed by atoms with van der Waals surface area (Å²) >= 11 is 0. The van der Waals surface area contributed by atoms with Gasteiger partial charge in [0.2, 0.25) is 5.95 Å². The van der Waals surface area contributed by atoms with Crippen molar-refractivity contribution < 1.29 is 22.6 Å². The number of ether oxygens (including phenoxy) is 2. The summed E-state index contributed by atoms with van der Waals surface area (Å²) in [5.41, 5.74) is 5.33. The molecule has 1 saturated heterocycles. The molecule has 2 atom stereocenters. The molecule has 160 valence electrons. The number of nitrogens with zero attached hydrogens (tertiary/aromatic N) is 5. The number of alkyl halides is 3. The Balaban J connectivity index is 1.50. The molecule has 1 unspecified atom stereocenters. The minimum Gasteiger partial charge on any atom is -0.395 e. The molecule has 1 aromatic carbocycles. The van der Waals surface area contributed by atoms with E-state index < -0.39 is 12.0 Å². The standard InChI is InChI=1S/C19H21F3N6O2/c1-10(27-7-3-6-18(2,20)9-27)8-13-24-16-11-4-5-12-15(30-19(21,22)29-12)14(11)25-17(23)28(16)26-13/h4-5,10H,3,6-9H2,1-2H3,(H2,23,25)/t10-,18?/m1/s1. The van der Waals surface area contributed by atoms with E-state index in [2.05, 4.69) is 29.4 Å². The van der Waals surface area contributed by atoms with E-state index in [0.717, 1.165) is 13.0 Å². The van der Waals surface area contributed by atoms with Gasteiger partial charge in [-0.15, -0.1) is 13.9 Å². The SMILES string of the molecule is C[C@H](Cc1nc2c3ccc4c(c3nc(N)n2n1)OC(F)(F)O4)N1CCCC(C)(F)C1. The second kappa shape index (κ2) is 6.34. The van der Waals surface area contributed by atoms with Crippen LogP contribution in [0.5, 0.6) is 11.5 Å². The van der Waals surface area contributed by atoms with Crippen molar-refractivity contribution in [2.24, 2.45) is 0 Å². The van der Waals surface area contributed by atoms with Crippen LogP contribution in [0.3, 0.4) is 0 Å². The zero-order chi connectivity index (χ0) is 21.3. The molecule has 2 aliphatic heterocycles. The summed E-state index contributed by atoms with van der Waals surface area (Å²) in [6, 6.07) is 2.98. The number of fused-ring (bicyclic) bond motifs is 5. The van der Waals surface area contributed by atoms with Crippen molar-refractivity contribution in [1.29, 1.82) is 0 Å². The Morgan fingerprint density at radius 2 is 2.03 bits per heavy atom. The van der Waals surface area contributed by atoms with E-state index in [1.165, 1.54) is 10.6 Å². The Morgan fingerprint density at radius 1 is 1.23 bits per heavy atom. The number of hydrogen-bond donors (Lipinski definition) is 1. The Morgan fingerprint density at radius 3 is 2.80 bits per heavy atom. The molecule has 3 aromatic rings. The Kier molecular flexibility index (Phi) is 4.05. The number of benzene rings is 1. The first kappa shape index (κ1) is 19.2. The highest BCUT2D eigenvalue weighted by Crippen LogP contribution is 2.45. The van der Waals surface area contributed by atoms with Gasteiger partial charge in [0.1, 0.15) is 11.2 Å².